The van der Waals surface area contributed by atoms with Gasteiger partial charge in [-0.1, -0.05) is 17.9 Å². The van der Waals surface area contributed by atoms with Crippen LogP contribution in [0.4, 0.5) is 4.39 Å². The van der Waals surface area contributed by atoms with E-state index in [9.17, 15) is 4.39 Å². The van der Waals surface area contributed by atoms with Crippen molar-refractivity contribution >= 4 is 0 Å². The highest BCUT2D eigenvalue weighted by atomic mass is 19.1. The average Bonchev–Trinajstić information content (AvgIpc) is 2.41. The highest BCUT2D eigenvalue weighted by Crippen LogP contribution is 2.13. The molecule has 2 rings (SSSR count). The lowest BCUT2D eigenvalue weighted by atomic mass is 10.1. The summed E-state index contributed by atoms with van der Waals surface area (Å²) in [5.74, 6) is 5.01. The van der Waals surface area contributed by atoms with Crippen LogP contribution in [0.2, 0.25) is 0 Å². The number of hydrogen-bond acceptors (Lipinski definition) is 3. The van der Waals surface area contributed by atoms with E-state index in [-0.39, 0.29) is 12.4 Å². The summed E-state index contributed by atoms with van der Waals surface area (Å²) in [6.07, 6.45) is 0. The molecule has 1 aromatic rings. The highest BCUT2D eigenvalue weighted by molar-refractivity contribution is 5.37. The van der Waals surface area contributed by atoms with E-state index in [0.717, 1.165) is 26.2 Å². The van der Waals surface area contributed by atoms with Crippen LogP contribution < -0.4 is 0 Å². The van der Waals surface area contributed by atoms with Crippen LogP contribution in [0, 0.1) is 17.7 Å². The topological polar surface area (TPSA) is 26.7 Å². The van der Waals surface area contributed by atoms with E-state index in [1.54, 1.807) is 12.1 Å². The number of nitrogens with zero attached hydrogens (tertiary/aromatic N) is 2. The van der Waals surface area contributed by atoms with Crippen molar-refractivity contribution < 1.29 is 9.50 Å². The number of piperazine rings is 1. The summed E-state index contributed by atoms with van der Waals surface area (Å²) in [7, 11) is 2.10. The van der Waals surface area contributed by atoms with E-state index in [1.165, 1.54) is 6.07 Å². The minimum atomic E-state index is -0.219. The summed E-state index contributed by atoms with van der Waals surface area (Å²) in [5, 5.41) is 8.61. The zero-order chi connectivity index (χ0) is 13.7. The summed E-state index contributed by atoms with van der Waals surface area (Å²) in [6, 6.07) is 5.03. The Morgan fingerprint density at radius 1 is 1.26 bits per heavy atom. The van der Waals surface area contributed by atoms with Crippen molar-refractivity contribution in [2.45, 2.75) is 6.54 Å². The van der Waals surface area contributed by atoms with Gasteiger partial charge in [0.1, 0.15) is 12.4 Å². The molecule has 1 heterocycles. The molecule has 1 aliphatic heterocycles. The van der Waals surface area contributed by atoms with Gasteiger partial charge in [0, 0.05) is 43.9 Å². The molecule has 0 atom stereocenters. The third kappa shape index (κ3) is 4.03. The molecule has 0 amide bonds. The second-order valence-corrected chi connectivity index (χ2v) is 4.85. The maximum Gasteiger partial charge on any atom is 0.128 e. The number of likely N-dealkylation sites (N-methyl/N-ethyl adjacent to an activating group) is 1. The Morgan fingerprint density at radius 2 is 2.00 bits per heavy atom. The fourth-order valence-corrected chi connectivity index (χ4v) is 2.14. The zero-order valence-corrected chi connectivity index (χ0v) is 11.2. The Kier molecular flexibility index (Phi) is 4.92. The number of rotatable bonds is 2. The molecular formula is C15H19FN2O. The number of aliphatic hydroxyl groups excluding tert-OH is 1. The lowest BCUT2D eigenvalue weighted by Gasteiger charge is -2.32. The fraction of sp³-hybridized carbons (Fsp3) is 0.467. The SMILES string of the molecule is CN1CCN(Cc2ccc(C#CCO)cc2F)CC1. The molecule has 1 aromatic carbocycles. The standard InChI is InChI=1S/C15H19FN2O/c1-17-6-8-18(9-7-17)12-14-5-4-13(3-2-10-19)11-15(14)16/h4-5,11,19H,6-10,12H2,1H3. The van der Waals surface area contributed by atoms with E-state index in [4.69, 9.17) is 5.11 Å². The lowest BCUT2D eigenvalue weighted by Crippen LogP contribution is -2.44. The van der Waals surface area contributed by atoms with Gasteiger partial charge in [0.05, 0.1) is 0 Å². The molecular weight excluding hydrogens is 243 g/mol. The van der Waals surface area contributed by atoms with Crippen molar-refractivity contribution in [3.05, 3.63) is 35.1 Å². The fourth-order valence-electron chi connectivity index (χ4n) is 2.14. The summed E-state index contributed by atoms with van der Waals surface area (Å²) in [4.78, 5) is 4.54. The van der Waals surface area contributed by atoms with Gasteiger partial charge < -0.3 is 10.0 Å². The maximum absolute atomic E-state index is 13.9. The predicted octanol–water partition coefficient (Wildman–Crippen LogP) is 0.917. The van der Waals surface area contributed by atoms with Crippen molar-refractivity contribution in [3.8, 4) is 11.8 Å². The van der Waals surface area contributed by atoms with Gasteiger partial charge in [-0.15, -0.1) is 0 Å². The number of hydrogen-bond donors (Lipinski definition) is 1. The largest absolute Gasteiger partial charge is 0.384 e. The lowest BCUT2D eigenvalue weighted by molar-refractivity contribution is 0.147. The molecule has 0 bridgehead atoms. The van der Waals surface area contributed by atoms with E-state index in [1.807, 2.05) is 0 Å². The number of halogens is 1. The summed E-state index contributed by atoms with van der Waals surface area (Å²) >= 11 is 0. The molecule has 0 aliphatic carbocycles. The van der Waals surface area contributed by atoms with Gasteiger partial charge in [0.15, 0.2) is 0 Å². The second kappa shape index (κ2) is 6.67. The Hall–Kier alpha value is -1.41. The van der Waals surface area contributed by atoms with E-state index in [0.29, 0.717) is 17.7 Å². The molecule has 0 spiro atoms. The molecule has 1 N–H and O–H groups in total. The molecule has 0 unspecified atom stereocenters. The first kappa shape index (κ1) is 14.0. The van der Waals surface area contributed by atoms with Crippen LogP contribution in [0.5, 0.6) is 0 Å². The first-order valence-electron chi connectivity index (χ1n) is 6.48. The highest BCUT2D eigenvalue weighted by Gasteiger charge is 2.15. The molecule has 1 saturated heterocycles. The first-order valence-corrected chi connectivity index (χ1v) is 6.48. The van der Waals surface area contributed by atoms with E-state index >= 15 is 0 Å². The van der Waals surface area contributed by atoms with Crippen molar-refractivity contribution in [1.82, 2.24) is 9.80 Å². The molecule has 102 valence electrons. The normalized spacial score (nSPS) is 17.0. The van der Waals surface area contributed by atoms with Crippen molar-refractivity contribution in [2.75, 3.05) is 39.8 Å². The second-order valence-electron chi connectivity index (χ2n) is 4.85. The molecule has 0 saturated carbocycles. The van der Waals surface area contributed by atoms with Gasteiger partial charge >= 0.3 is 0 Å². The van der Waals surface area contributed by atoms with Crippen LogP contribution in [0.3, 0.4) is 0 Å². The zero-order valence-electron chi connectivity index (χ0n) is 11.2. The van der Waals surface area contributed by atoms with Crippen LogP contribution in [0.1, 0.15) is 11.1 Å². The number of aliphatic hydroxyl groups is 1. The van der Waals surface area contributed by atoms with Gasteiger partial charge in [-0.25, -0.2) is 4.39 Å². The molecule has 1 aliphatic rings. The van der Waals surface area contributed by atoms with Crippen molar-refractivity contribution in [1.29, 1.82) is 0 Å². The molecule has 1 fully saturated rings. The van der Waals surface area contributed by atoms with Gasteiger partial charge in [-0.05, 0) is 19.2 Å². The van der Waals surface area contributed by atoms with Crippen LogP contribution in [-0.4, -0.2) is 54.7 Å². The third-order valence-electron chi connectivity index (χ3n) is 3.35. The van der Waals surface area contributed by atoms with Crippen molar-refractivity contribution in [3.63, 3.8) is 0 Å². The van der Waals surface area contributed by atoms with Gasteiger partial charge in [-0.3, -0.25) is 4.90 Å². The van der Waals surface area contributed by atoms with Crippen LogP contribution >= 0.6 is 0 Å². The molecule has 3 nitrogen and oxygen atoms in total. The monoisotopic (exact) mass is 262 g/mol. The Labute approximate surface area is 113 Å². The smallest absolute Gasteiger partial charge is 0.128 e. The minimum Gasteiger partial charge on any atom is -0.384 e. The Balaban J connectivity index is 2.01. The maximum atomic E-state index is 13.9. The van der Waals surface area contributed by atoms with Gasteiger partial charge in [0.2, 0.25) is 0 Å². The Bertz CT molecular complexity index is 485. The summed E-state index contributed by atoms with van der Waals surface area (Å²) in [5.41, 5.74) is 1.31. The molecule has 0 radical (unpaired) electrons. The van der Waals surface area contributed by atoms with Gasteiger partial charge in [0.25, 0.3) is 0 Å². The van der Waals surface area contributed by atoms with E-state index in [2.05, 4.69) is 28.7 Å². The first-order chi connectivity index (χ1) is 9.19. The predicted molar refractivity (Wildman–Crippen MR) is 73.1 cm³/mol. The Morgan fingerprint density at radius 3 is 2.63 bits per heavy atom. The molecule has 0 aromatic heterocycles. The van der Waals surface area contributed by atoms with Crippen molar-refractivity contribution in [2.24, 2.45) is 0 Å². The quantitative estimate of drug-likeness (QED) is 0.803. The molecule has 19 heavy (non-hydrogen) atoms. The summed E-state index contributed by atoms with van der Waals surface area (Å²) in [6.45, 7) is 4.45. The van der Waals surface area contributed by atoms with Crippen LogP contribution in [0.15, 0.2) is 18.2 Å². The molecule has 4 heteroatoms. The third-order valence-corrected chi connectivity index (χ3v) is 3.35. The van der Waals surface area contributed by atoms with Crippen LogP contribution in [-0.2, 0) is 6.54 Å². The summed E-state index contributed by atoms with van der Waals surface area (Å²) < 4.78 is 13.9. The minimum absolute atomic E-state index is 0.204. The van der Waals surface area contributed by atoms with E-state index < -0.39 is 0 Å². The average molecular weight is 262 g/mol. The van der Waals surface area contributed by atoms with Crippen LogP contribution in [0.25, 0.3) is 0 Å². The number of benzene rings is 1. The van der Waals surface area contributed by atoms with Gasteiger partial charge in [-0.2, -0.15) is 0 Å².